The summed E-state index contributed by atoms with van der Waals surface area (Å²) in [4.78, 5) is 12.1. The lowest BCUT2D eigenvalue weighted by Gasteiger charge is -2.09. The molecule has 0 aliphatic carbocycles. The minimum atomic E-state index is -0.0915. The lowest BCUT2D eigenvalue weighted by molar-refractivity contribution is 0.0950. The summed E-state index contributed by atoms with van der Waals surface area (Å²) in [5.41, 5.74) is 9.10. The third-order valence-corrected chi connectivity index (χ3v) is 2.90. The van der Waals surface area contributed by atoms with Gasteiger partial charge in [-0.05, 0) is 25.0 Å². The van der Waals surface area contributed by atoms with Gasteiger partial charge in [-0.3, -0.25) is 9.89 Å². The van der Waals surface area contributed by atoms with Crippen molar-refractivity contribution in [3.05, 3.63) is 46.6 Å². The molecule has 0 saturated carbocycles. The number of carbonyl (C=O) groups excluding carboxylic acids is 1. The van der Waals surface area contributed by atoms with E-state index in [9.17, 15) is 4.79 Å². The zero-order valence-electron chi connectivity index (χ0n) is 10.4. The van der Waals surface area contributed by atoms with Gasteiger partial charge >= 0.3 is 0 Å². The van der Waals surface area contributed by atoms with Crippen LogP contribution in [0.3, 0.4) is 0 Å². The predicted octanol–water partition coefficient (Wildman–Crippen LogP) is 1.54. The summed E-state index contributed by atoms with van der Waals surface area (Å²) in [6.45, 7) is 4.22. The number of hydrogen-bond donors (Lipinski definition) is 3. The molecule has 0 unspecified atom stereocenters. The summed E-state index contributed by atoms with van der Waals surface area (Å²) < 4.78 is 0. The molecule has 1 aromatic carbocycles. The van der Waals surface area contributed by atoms with Crippen LogP contribution in [0.4, 0.5) is 5.82 Å². The van der Waals surface area contributed by atoms with Crippen LogP contribution in [0.25, 0.3) is 0 Å². The monoisotopic (exact) mass is 244 g/mol. The maximum absolute atomic E-state index is 12.1. The van der Waals surface area contributed by atoms with Gasteiger partial charge in [0.25, 0.3) is 5.91 Å². The maximum Gasteiger partial charge on any atom is 0.252 e. The minimum absolute atomic E-state index is 0.0915. The summed E-state index contributed by atoms with van der Waals surface area (Å²) in [6, 6.07) is 5.79. The number of aromatic nitrogens is 2. The zero-order chi connectivity index (χ0) is 13.1. The topological polar surface area (TPSA) is 83.8 Å². The molecule has 2 rings (SSSR count). The van der Waals surface area contributed by atoms with Crippen molar-refractivity contribution in [1.29, 1.82) is 0 Å². The Labute approximate surface area is 105 Å². The van der Waals surface area contributed by atoms with Crippen molar-refractivity contribution in [3.8, 4) is 0 Å². The van der Waals surface area contributed by atoms with E-state index in [1.54, 1.807) is 6.20 Å². The number of nitrogen functional groups attached to an aromatic ring is 1. The van der Waals surface area contributed by atoms with Crippen LogP contribution in [0.1, 0.15) is 27.0 Å². The van der Waals surface area contributed by atoms with Crippen LogP contribution in [-0.4, -0.2) is 16.1 Å². The van der Waals surface area contributed by atoms with Gasteiger partial charge in [-0.2, -0.15) is 5.10 Å². The van der Waals surface area contributed by atoms with Gasteiger partial charge in [0.1, 0.15) is 5.82 Å². The van der Waals surface area contributed by atoms with Gasteiger partial charge < -0.3 is 11.1 Å². The number of carbonyl (C=O) groups is 1. The molecular formula is C13H16N4O. The van der Waals surface area contributed by atoms with Crippen LogP contribution < -0.4 is 11.1 Å². The second kappa shape index (κ2) is 4.91. The molecule has 2 aromatic rings. The van der Waals surface area contributed by atoms with Crippen LogP contribution in [0.15, 0.2) is 24.4 Å². The van der Waals surface area contributed by atoms with E-state index in [1.165, 1.54) is 0 Å². The molecule has 5 heteroatoms. The van der Waals surface area contributed by atoms with E-state index in [-0.39, 0.29) is 5.91 Å². The predicted molar refractivity (Wildman–Crippen MR) is 70.1 cm³/mol. The fourth-order valence-corrected chi connectivity index (χ4v) is 1.90. The number of hydrogen-bond acceptors (Lipinski definition) is 3. The van der Waals surface area contributed by atoms with Crippen molar-refractivity contribution in [1.82, 2.24) is 15.5 Å². The molecule has 18 heavy (non-hydrogen) atoms. The molecule has 94 valence electrons. The van der Waals surface area contributed by atoms with E-state index in [0.717, 1.165) is 22.3 Å². The van der Waals surface area contributed by atoms with E-state index < -0.39 is 0 Å². The van der Waals surface area contributed by atoms with Gasteiger partial charge in [0.05, 0.1) is 6.20 Å². The summed E-state index contributed by atoms with van der Waals surface area (Å²) in [5, 5.41) is 9.28. The van der Waals surface area contributed by atoms with E-state index in [1.807, 2.05) is 32.0 Å². The van der Waals surface area contributed by atoms with Gasteiger partial charge in [0, 0.05) is 17.7 Å². The first-order valence-corrected chi connectivity index (χ1v) is 5.71. The molecule has 1 aromatic heterocycles. The van der Waals surface area contributed by atoms with Crippen molar-refractivity contribution in [2.75, 3.05) is 5.73 Å². The molecule has 0 atom stereocenters. The van der Waals surface area contributed by atoms with E-state index in [0.29, 0.717) is 12.4 Å². The fourth-order valence-electron chi connectivity index (χ4n) is 1.90. The van der Waals surface area contributed by atoms with E-state index >= 15 is 0 Å². The van der Waals surface area contributed by atoms with Crippen molar-refractivity contribution >= 4 is 11.7 Å². The van der Waals surface area contributed by atoms with Crippen LogP contribution in [0.2, 0.25) is 0 Å². The first-order valence-electron chi connectivity index (χ1n) is 5.71. The number of aromatic amines is 1. The number of nitrogens with zero attached hydrogens (tertiary/aromatic N) is 1. The third kappa shape index (κ3) is 2.34. The largest absolute Gasteiger partial charge is 0.384 e. The van der Waals surface area contributed by atoms with Crippen molar-refractivity contribution in [3.63, 3.8) is 0 Å². The van der Waals surface area contributed by atoms with E-state index in [2.05, 4.69) is 15.5 Å². The molecule has 0 aliphatic heterocycles. The molecule has 4 N–H and O–H groups in total. The third-order valence-electron chi connectivity index (χ3n) is 2.90. The van der Waals surface area contributed by atoms with E-state index in [4.69, 9.17) is 5.73 Å². The summed E-state index contributed by atoms with van der Waals surface area (Å²) in [6.07, 6.45) is 1.61. The average molecular weight is 244 g/mol. The van der Waals surface area contributed by atoms with Crippen molar-refractivity contribution < 1.29 is 4.79 Å². The molecule has 0 bridgehead atoms. The number of benzene rings is 1. The molecule has 0 spiro atoms. The van der Waals surface area contributed by atoms with Gasteiger partial charge in [0.15, 0.2) is 0 Å². The summed E-state index contributed by atoms with van der Waals surface area (Å²) >= 11 is 0. The molecule has 0 fully saturated rings. The Morgan fingerprint density at radius 1 is 1.39 bits per heavy atom. The Morgan fingerprint density at radius 3 is 2.61 bits per heavy atom. The van der Waals surface area contributed by atoms with Gasteiger partial charge in [-0.15, -0.1) is 0 Å². The number of nitrogens with two attached hydrogens (primary N) is 1. The first kappa shape index (κ1) is 12.2. The zero-order valence-corrected chi connectivity index (χ0v) is 10.4. The van der Waals surface area contributed by atoms with Crippen LogP contribution >= 0.6 is 0 Å². The minimum Gasteiger partial charge on any atom is -0.384 e. The number of nitrogens with one attached hydrogen (secondary N) is 2. The lowest BCUT2D eigenvalue weighted by atomic mass is 10.0. The normalized spacial score (nSPS) is 10.3. The summed E-state index contributed by atoms with van der Waals surface area (Å²) in [5.74, 6) is 0.392. The van der Waals surface area contributed by atoms with Crippen molar-refractivity contribution in [2.45, 2.75) is 20.4 Å². The Hall–Kier alpha value is -2.30. The molecule has 0 saturated heterocycles. The quantitative estimate of drug-likeness (QED) is 0.765. The lowest BCUT2D eigenvalue weighted by Crippen LogP contribution is -2.24. The maximum atomic E-state index is 12.1. The Balaban J connectivity index is 2.11. The molecule has 0 radical (unpaired) electrons. The summed E-state index contributed by atoms with van der Waals surface area (Å²) in [7, 11) is 0. The highest BCUT2D eigenvalue weighted by molar-refractivity contribution is 5.97. The fraction of sp³-hybridized carbons (Fsp3) is 0.231. The van der Waals surface area contributed by atoms with Crippen LogP contribution in [0, 0.1) is 13.8 Å². The average Bonchev–Trinajstić information content (AvgIpc) is 2.72. The highest BCUT2D eigenvalue weighted by Gasteiger charge is 2.12. The Kier molecular flexibility index (Phi) is 3.32. The smallest absolute Gasteiger partial charge is 0.252 e. The van der Waals surface area contributed by atoms with Crippen LogP contribution in [0.5, 0.6) is 0 Å². The van der Waals surface area contributed by atoms with Gasteiger partial charge in [0.2, 0.25) is 0 Å². The highest BCUT2D eigenvalue weighted by atomic mass is 16.1. The molecule has 5 nitrogen and oxygen atoms in total. The SMILES string of the molecule is Cc1cccc(C)c1C(=O)NCc1cn[nH]c1N. The van der Waals surface area contributed by atoms with Gasteiger partial charge in [-0.1, -0.05) is 18.2 Å². The molecule has 1 amide bonds. The molecular weight excluding hydrogens is 228 g/mol. The first-order chi connectivity index (χ1) is 8.59. The van der Waals surface area contributed by atoms with Gasteiger partial charge in [-0.25, -0.2) is 0 Å². The number of aryl methyl sites for hydroxylation is 2. The number of anilines is 1. The Morgan fingerprint density at radius 2 is 2.06 bits per heavy atom. The molecule has 0 aliphatic rings. The van der Waals surface area contributed by atoms with Crippen molar-refractivity contribution in [2.24, 2.45) is 0 Å². The number of rotatable bonds is 3. The Bertz CT molecular complexity index is 554. The number of H-pyrrole nitrogens is 1. The second-order valence-corrected chi connectivity index (χ2v) is 4.26. The second-order valence-electron chi connectivity index (χ2n) is 4.26. The highest BCUT2D eigenvalue weighted by Crippen LogP contribution is 2.13. The number of amides is 1. The van der Waals surface area contributed by atoms with Crippen LogP contribution in [-0.2, 0) is 6.54 Å². The molecule has 1 heterocycles. The standard InChI is InChI=1S/C13H16N4O/c1-8-4-3-5-9(2)11(8)13(18)15-6-10-7-16-17-12(10)14/h3-5,7H,6H2,1-2H3,(H,15,18)(H3,14,16,17).